The third-order valence-corrected chi connectivity index (χ3v) is 4.89. The molecule has 1 amide bonds. The lowest BCUT2D eigenvalue weighted by molar-refractivity contribution is -0.114. The second kappa shape index (κ2) is 9.31. The fourth-order valence-corrected chi connectivity index (χ4v) is 3.98. The largest absolute Gasteiger partial charge is 0.398 e. The van der Waals surface area contributed by atoms with E-state index in [1.807, 2.05) is 36.4 Å². The number of nitrogens with two attached hydrogens (primary N) is 1. The van der Waals surface area contributed by atoms with Gasteiger partial charge < -0.3 is 11.1 Å². The monoisotopic (exact) mass is 636 g/mol. The summed E-state index contributed by atoms with van der Waals surface area (Å²) in [5, 5.41) is 2.71. The summed E-state index contributed by atoms with van der Waals surface area (Å²) >= 11 is 11.1. The number of hydrogen-bond donors (Lipinski definition) is 2. The summed E-state index contributed by atoms with van der Waals surface area (Å²) < 4.78 is 4.20. The standard InChI is InChI=1S/C8H7BrINO.C6H5BrIN/c1-5(12)11-8-3-2-6(10)4-7(8)9;7-5-3-4(8)1-2-6(5)9/h2-4H,1H3,(H,11,12);1-3H,9H2. The first-order chi connectivity index (χ1) is 9.79. The van der Waals surface area contributed by atoms with Gasteiger partial charge in [0.1, 0.15) is 0 Å². The predicted molar refractivity (Wildman–Crippen MR) is 112 cm³/mol. The smallest absolute Gasteiger partial charge is 0.221 e. The highest BCUT2D eigenvalue weighted by Crippen LogP contribution is 2.24. The van der Waals surface area contributed by atoms with Crippen molar-refractivity contribution >= 4 is 94.3 Å². The summed E-state index contributed by atoms with van der Waals surface area (Å²) in [5.41, 5.74) is 7.13. The van der Waals surface area contributed by atoms with Gasteiger partial charge in [-0.25, -0.2) is 0 Å². The quantitative estimate of drug-likeness (QED) is 0.314. The average molecular weight is 638 g/mol. The van der Waals surface area contributed by atoms with Crippen LogP contribution in [0.15, 0.2) is 45.3 Å². The van der Waals surface area contributed by atoms with Gasteiger partial charge in [-0.15, -0.1) is 0 Å². The van der Waals surface area contributed by atoms with Crippen LogP contribution >= 0.6 is 77.0 Å². The molecule has 0 heterocycles. The van der Waals surface area contributed by atoms with Crippen LogP contribution in [0.2, 0.25) is 0 Å². The highest BCUT2D eigenvalue weighted by atomic mass is 127. The third-order valence-electron chi connectivity index (χ3n) is 2.20. The van der Waals surface area contributed by atoms with Crippen molar-refractivity contribution in [3.63, 3.8) is 0 Å². The number of hydrogen-bond acceptors (Lipinski definition) is 2. The molecule has 21 heavy (non-hydrogen) atoms. The van der Waals surface area contributed by atoms with Crippen LogP contribution in [0.25, 0.3) is 0 Å². The molecule has 112 valence electrons. The number of nitrogen functional groups attached to an aromatic ring is 1. The first-order valence-electron chi connectivity index (χ1n) is 5.72. The normalized spacial score (nSPS) is 9.57. The lowest BCUT2D eigenvalue weighted by atomic mass is 10.3. The van der Waals surface area contributed by atoms with E-state index < -0.39 is 0 Å². The minimum Gasteiger partial charge on any atom is -0.398 e. The predicted octanol–water partition coefficient (Wildman–Crippen LogP) is 5.65. The minimum absolute atomic E-state index is 0.0584. The van der Waals surface area contributed by atoms with Crippen molar-refractivity contribution in [3.05, 3.63) is 52.5 Å². The topological polar surface area (TPSA) is 55.1 Å². The first kappa shape index (κ1) is 19.2. The van der Waals surface area contributed by atoms with E-state index in [0.717, 1.165) is 23.9 Å². The Balaban J connectivity index is 0.000000219. The second-order valence-corrected chi connectivity index (χ2v) is 8.17. The number of carbonyl (C=O) groups is 1. The van der Waals surface area contributed by atoms with E-state index in [1.54, 1.807) is 0 Å². The summed E-state index contributed by atoms with van der Waals surface area (Å²) in [6, 6.07) is 11.6. The van der Waals surface area contributed by atoms with E-state index in [0.29, 0.717) is 0 Å². The average Bonchev–Trinajstić information content (AvgIpc) is 2.38. The molecule has 7 heteroatoms. The Kier molecular flexibility index (Phi) is 8.50. The highest BCUT2D eigenvalue weighted by molar-refractivity contribution is 14.1. The molecule has 3 nitrogen and oxygen atoms in total. The maximum atomic E-state index is 10.7. The van der Waals surface area contributed by atoms with E-state index in [-0.39, 0.29) is 5.91 Å². The Bertz CT molecular complexity index is 651. The summed E-state index contributed by atoms with van der Waals surface area (Å²) in [6.07, 6.45) is 0. The van der Waals surface area contributed by atoms with Gasteiger partial charge >= 0.3 is 0 Å². The Morgan fingerprint density at radius 3 is 2.00 bits per heavy atom. The lowest BCUT2D eigenvalue weighted by Crippen LogP contribution is -2.06. The zero-order chi connectivity index (χ0) is 16.0. The summed E-state index contributed by atoms with van der Waals surface area (Å²) in [7, 11) is 0. The fourth-order valence-electron chi connectivity index (χ4n) is 1.28. The van der Waals surface area contributed by atoms with Crippen molar-refractivity contribution in [2.75, 3.05) is 11.1 Å². The van der Waals surface area contributed by atoms with Crippen LogP contribution in [0.5, 0.6) is 0 Å². The molecule has 2 aromatic rings. The van der Waals surface area contributed by atoms with Gasteiger partial charge in [0.2, 0.25) is 5.91 Å². The van der Waals surface area contributed by atoms with E-state index >= 15 is 0 Å². The van der Waals surface area contributed by atoms with Crippen molar-refractivity contribution in [1.29, 1.82) is 0 Å². The number of halogens is 4. The number of carbonyl (C=O) groups excluding carboxylic acids is 1. The Hall–Kier alpha value is 0.130. The summed E-state index contributed by atoms with van der Waals surface area (Å²) in [5.74, 6) is -0.0584. The minimum atomic E-state index is -0.0584. The van der Waals surface area contributed by atoms with Crippen LogP contribution in [-0.2, 0) is 4.79 Å². The molecule has 0 saturated carbocycles. The SMILES string of the molecule is CC(=O)Nc1ccc(I)cc1Br.Nc1ccc(I)cc1Br. The summed E-state index contributed by atoms with van der Waals surface area (Å²) in [6.45, 7) is 1.49. The highest BCUT2D eigenvalue weighted by Gasteiger charge is 2.00. The van der Waals surface area contributed by atoms with Gasteiger partial charge in [-0.05, 0) is 113 Å². The molecule has 2 rings (SSSR count). The number of amides is 1. The molecule has 0 radical (unpaired) electrons. The Labute approximate surface area is 168 Å². The van der Waals surface area contributed by atoms with Crippen LogP contribution < -0.4 is 11.1 Å². The van der Waals surface area contributed by atoms with Gasteiger partial charge in [0.05, 0.1) is 5.69 Å². The number of nitrogens with one attached hydrogen (secondary N) is 1. The maximum absolute atomic E-state index is 10.7. The molecule has 2 aromatic carbocycles. The first-order valence-corrected chi connectivity index (χ1v) is 9.47. The van der Waals surface area contributed by atoms with Gasteiger partial charge in [-0.1, -0.05) is 0 Å². The molecule has 0 fully saturated rings. The fraction of sp³-hybridized carbons (Fsp3) is 0.0714. The molecule has 3 N–H and O–H groups in total. The second-order valence-electron chi connectivity index (χ2n) is 3.97. The van der Waals surface area contributed by atoms with Crippen LogP contribution in [0.1, 0.15) is 6.92 Å². The van der Waals surface area contributed by atoms with Crippen molar-refractivity contribution in [3.8, 4) is 0 Å². The van der Waals surface area contributed by atoms with Crippen LogP contribution in [0.4, 0.5) is 11.4 Å². The molecule has 0 aromatic heterocycles. The van der Waals surface area contributed by atoms with Crippen LogP contribution in [0, 0.1) is 7.14 Å². The lowest BCUT2D eigenvalue weighted by Gasteiger charge is -2.04. The van der Waals surface area contributed by atoms with Gasteiger partial charge in [0.15, 0.2) is 0 Å². The Morgan fingerprint density at radius 1 is 1.05 bits per heavy atom. The van der Waals surface area contributed by atoms with E-state index in [4.69, 9.17) is 5.73 Å². The maximum Gasteiger partial charge on any atom is 0.221 e. The van der Waals surface area contributed by atoms with E-state index in [9.17, 15) is 4.79 Å². The van der Waals surface area contributed by atoms with Gasteiger partial charge in [0, 0.05) is 28.7 Å². The number of benzene rings is 2. The third kappa shape index (κ3) is 7.29. The van der Waals surface area contributed by atoms with Crippen molar-refractivity contribution in [2.24, 2.45) is 0 Å². The van der Waals surface area contributed by atoms with Crippen LogP contribution in [-0.4, -0.2) is 5.91 Å². The number of anilines is 2. The molecule has 0 spiro atoms. The molecule has 0 aliphatic rings. The van der Waals surface area contributed by atoms with E-state index in [1.165, 1.54) is 10.5 Å². The zero-order valence-electron chi connectivity index (χ0n) is 11.0. The van der Waals surface area contributed by atoms with Gasteiger partial charge in [0.25, 0.3) is 0 Å². The molecule has 0 unspecified atom stereocenters. The van der Waals surface area contributed by atoms with Crippen molar-refractivity contribution in [2.45, 2.75) is 6.92 Å². The Morgan fingerprint density at radius 2 is 1.57 bits per heavy atom. The molecule has 0 aliphatic carbocycles. The van der Waals surface area contributed by atoms with Crippen molar-refractivity contribution < 1.29 is 4.79 Å². The van der Waals surface area contributed by atoms with Crippen LogP contribution in [0.3, 0.4) is 0 Å². The molecular weight excluding hydrogens is 626 g/mol. The van der Waals surface area contributed by atoms with Crippen molar-refractivity contribution in [1.82, 2.24) is 0 Å². The molecule has 0 aliphatic heterocycles. The summed E-state index contributed by atoms with van der Waals surface area (Å²) in [4.78, 5) is 10.7. The number of rotatable bonds is 1. The van der Waals surface area contributed by atoms with Gasteiger partial charge in [-0.3, -0.25) is 4.79 Å². The molecular formula is C14H12Br2I2N2O. The molecule has 0 bridgehead atoms. The molecule has 0 saturated heterocycles. The zero-order valence-corrected chi connectivity index (χ0v) is 18.4. The molecule has 0 atom stereocenters. The van der Waals surface area contributed by atoms with E-state index in [2.05, 4.69) is 82.4 Å². The van der Waals surface area contributed by atoms with Gasteiger partial charge in [-0.2, -0.15) is 0 Å².